The molecule has 0 radical (unpaired) electrons. The molecule has 0 aromatic carbocycles. The van der Waals surface area contributed by atoms with E-state index in [2.05, 4.69) is 16.5 Å². The molecule has 0 unspecified atom stereocenters. The van der Waals surface area contributed by atoms with Crippen molar-refractivity contribution in [3.8, 4) is 0 Å². The topological polar surface area (TPSA) is 55.9 Å². The summed E-state index contributed by atoms with van der Waals surface area (Å²) in [5.74, 6) is 0.286. The summed E-state index contributed by atoms with van der Waals surface area (Å²) in [6, 6.07) is 0.271. The van der Waals surface area contributed by atoms with Gasteiger partial charge >= 0.3 is 0 Å². The highest BCUT2D eigenvalue weighted by Gasteiger charge is 2.28. The van der Waals surface area contributed by atoms with Crippen LogP contribution in [0.1, 0.15) is 32.1 Å². The summed E-state index contributed by atoms with van der Waals surface area (Å²) in [5, 5.41) is 4.10. The maximum Gasteiger partial charge on any atom is 0.237 e. The second-order valence-electron chi connectivity index (χ2n) is 7.32. The Hall–Kier alpha value is -0.790. The third-order valence-electron chi connectivity index (χ3n) is 5.36. The van der Waals surface area contributed by atoms with Gasteiger partial charge in [0.25, 0.3) is 0 Å². The minimum absolute atomic E-state index is 0.0903. The van der Waals surface area contributed by atoms with E-state index >= 15 is 0 Å². The number of amides is 2. The van der Waals surface area contributed by atoms with Crippen LogP contribution in [0.2, 0.25) is 0 Å². The van der Waals surface area contributed by atoms with Crippen LogP contribution in [0.15, 0.2) is 0 Å². The van der Waals surface area contributed by atoms with E-state index in [0.29, 0.717) is 19.5 Å². The summed E-state index contributed by atoms with van der Waals surface area (Å²) in [6.07, 6.45) is 6.89. The Morgan fingerprint density at radius 2 is 1.72 bits per heavy atom. The summed E-state index contributed by atoms with van der Waals surface area (Å²) in [6.45, 7) is 4.97. The highest BCUT2D eigenvalue weighted by atomic mass is 32.2. The van der Waals surface area contributed by atoms with Gasteiger partial charge in [-0.2, -0.15) is 11.8 Å². The summed E-state index contributed by atoms with van der Waals surface area (Å²) in [5.41, 5.74) is 0. The Balaban J connectivity index is 1.91. The van der Waals surface area contributed by atoms with Crippen LogP contribution in [0.4, 0.5) is 0 Å². The molecule has 0 aromatic rings. The number of piperidine rings is 2. The third kappa shape index (κ3) is 6.46. The summed E-state index contributed by atoms with van der Waals surface area (Å²) >= 11 is 1.94. The Bertz CT molecular complexity index is 433. The van der Waals surface area contributed by atoms with Gasteiger partial charge < -0.3 is 15.1 Å². The molecule has 2 aliphatic rings. The average Bonchev–Trinajstić information content (AvgIpc) is 2.63. The molecule has 7 heteroatoms. The molecule has 2 heterocycles. The molecule has 6 nitrogen and oxygen atoms in total. The number of carbonyl (C=O) groups is 2. The predicted octanol–water partition coefficient (Wildman–Crippen LogP) is 0.873. The molecule has 0 saturated carbocycles. The van der Waals surface area contributed by atoms with E-state index in [0.717, 1.165) is 44.3 Å². The number of carbonyl (C=O) groups excluding carboxylic acids is 2. The van der Waals surface area contributed by atoms with Crippen LogP contribution in [-0.2, 0) is 9.59 Å². The van der Waals surface area contributed by atoms with Gasteiger partial charge in [-0.15, -0.1) is 0 Å². The van der Waals surface area contributed by atoms with E-state index in [1.165, 1.54) is 12.8 Å². The smallest absolute Gasteiger partial charge is 0.237 e. The van der Waals surface area contributed by atoms with Gasteiger partial charge in [0.2, 0.25) is 11.8 Å². The number of thioether (sulfide) groups is 1. The van der Waals surface area contributed by atoms with Gasteiger partial charge in [-0.05, 0) is 58.1 Å². The quantitative estimate of drug-likeness (QED) is 0.721. The van der Waals surface area contributed by atoms with Crippen molar-refractivity contribution in [1.29, 1.82) is 0 Å². The van der Waals surface area contributed by atoms with Crippen molar-refractivity contribution < 1.29 is 9.59 Å². The molecule has 144 valence electrons. The number of hydrogen-bond donors (Lipinski definition) is 1. The summed E-state index contributed by atoms with van der Waals surface area (Å²) in [4.78, 5) is 30.8. The zero-order chi connectivity index (χ0) is 18.2. The summed E-state index contributed by atoms with van der Waals surface area (Å²) in [7, 11) is 3.55. The van der Waals surface area contributed by atoms with Gasteiger partial charge in [0, 0.05) is 38.4 Å². The van der Waals surface area contributed by atoms with Gasteiger partial charge in [0.1, 0.15) is 0 Å². The van der Waals surface area contributed by atoms with E-state index in [4.69, 9.17) is 0 Å². The second-order valence-corrected chi connectivity index (χ2v) is 8.46. The molecule has 0 spiro atoms. The molecule has 0 bridgehead atoms. The molecule has 2 amide bonds. The number of nitrogens with one attached hydrogen (secondary N) is 1. The number of rotatable bonds is 7. The Kier molecular flexibility index (Phi) is 8.52. The largest absolute Gasteiger partial charge is 0.349 e. The van der Waals surface area contributed by atoms with Crippen molar-refractivity contribution in [1.82, 2.24) is 20.0 Å². The van der Waals surface area contributed by atoms with Crippen molar-refractivity contribution in [3.05, 3.63) is 0 Å². The molecule has 2 fully saturated rings. The molecule has 2 aliphatic heterocycles. The minimum atomic E-state index is 0.0903. The molecular formula is C18H34N4O2S. The van der Waals surface area contributed by atoms with Crippen molar-refractivity contribution >= 4 is 23.6 Å². The van der Waals surface area contributed by atoms with Crippen LogP contribution in [0.5, 0.6) is 0 Å². The molecule has 25 heavy (non-hydrogen) atoms. The van der Waals surface area contributed by atoms with E-state index in [1.54, 1.807) is 19.0 Å². The maximum absolute atomic E-state index is 13.0. The lowest BCUT2D eigenvalue weighted by Crippen LogP contribution is -2.51. The van der Waals surface area contributed by atoms with Crippen molar-refractivity contribution in [3.63, 3.8) is 0 Å². The summed E-state index contributed by atoms with van der Waals surface area (Å²) < 4.78 is 0. The molecule has 2 saturated heterocycles. The molecular weight excluding hydrogens is 336 g/mol. The highest BCUT2D eigenvalue weighted by Crippen LogP contribution is 2.21. The van der Waals surface area contributed by atoms with Gasteiger partial charge in [0.05, 0.1) is 6.54 Å². The monoisotopic (exact) mass is 370 g/mol. The molecule has 0 aromatic heterocycles. The van der Waals surface area contributed by atoms with E-state index in [9.17, 15) is 9.59 Å². The average molecular weight is 371 g/mol. The minimum Gasteiger partial charge on any atom is -0.349 e. The van der Waals surface area contributed by atoms with Gasteiger partial charge in [-0.3, -0.25) is 14.5 Å². The van der Waals surface area contributed by atoms with Crippen LogP contribution in [0, 0.1) is 0 Å². The second kappa shape index (κ2) is 10.4. The van der Waals surface area contributed by atoms with Crippen LogP contribution >= 0.6 is 11.8 Å². The van der Waals surface area contributed by atoms with Crippen LogP contribution in [0.25, 0.3) is 0 Å². The maximum atomic E-state index is 13.0. The zero-order valence-corrected chi connectivity index (χ0v) is 16.8. The lowest BCUT2D eigenvalue weighted by molar-refractivity contribution is -0.137. The first-order chi connectivity index (χ1) is 12.0. The predicted molar refractivity (Wildman–Crippen MR) is 104 cm³/mol. The number of hydrogen-bond acceptors (Lipinski definition) is 5. The van der Waals surface area contributed by atoms with Gasteiger partial charge in [-0.25, -0.2) is 0 Å². The van der Waals surface area contributed by atoms with Crippen molar-refractivity contribution in [2.45, 2.75) is 43.4 Å². The Morgan fingerprint density at radius 3 is 2.28 bits per heavy atom. The highest BCUT2D eigenvalue weighted by molar-refractivity contribution is 7.99. The lowest BCUT2D eigenvalue weighted by Gasteiger charge is -2.37. The number of nitrogens with zero attached hydrogens (tertiary/aromatic N) is 3. The first-order valence-corrected chi connectivity index (χ1v) is 10.8. The van der Waals surface area contributed by atoms with E-state index in [-0.39, 0.29) is 17.9 Å². The normalized spacial score (nSPS) is 20.4. The Labute approximate surface area is 156 Å². The molecule has 1 N–H and O–H groups in total. The van der Waals surface area contributed by atoms with Crippen LogP contribution in [0.3, 0.4) is 0 Å². The van der Waals surface area contributed by atoms with E-state index in [1.807, 2.05) is 16.7 Å². The molecule has 0 aliphatic carbocycles. The Morgan fingerprint density at radius 1 is 1.08 bits per heavy atom. The molecule has 0 atom stereocenters. The first kappa shape index (κ1) is 20.5. The fourth-order valence-electron chi connectivity index (χ4n) is 3.65. The zero-order valence-electron chi connectivity index (χ0n) is 16.0. The fourth-order valence-corrected chi connectivity index (χ4v) is 4.34. The van der Waals surface area contributed by atoms with Crippen LogP contribution in [-0.4, -0.2) is 97.4 Å². The van der Waals surface area contributed by atoms with Gasteiger partial charge in [0.15, 0.2) is 0 Å². The third-order valence-corrected chi connectivity index (χ3v) is 6.50. The van der Waals surface area contributed by atoms with Crippen LogP contribution < -0.4 is 5.32 Å². The van der Waals surface area contributed by atoms with Crippen molar-refractivity contribution in [2.24, 2.45) is 0 Å². The fraction of sp³-hybridized carbons (Fsp3) is 0.889. The standard InChI is InChI=1S/C18H34N4O2S/c1-20(2)17(23)8-13-22(15-4-9-19-10-5-15)18(24)14-21-11-6-16(25-3)7-12-21/h15-16,19H,4-14H2,1-3H3. The number of likely N-dealkylation sites (tertiary alicyclic amines) is 1. The SMILES string of the molecule is CSC1CCN(CC(=O)N(CCC(=O)N(C)C)C2CCNCC2)CC1. The van der Waals surface area contributed by atoms with E-state index < -0.39 is 0 Å². The molecule has 2 rings (SSSR count). The lowest BCUT2D eigenvalue weighted by atomic mass is 10.0. The first-order valence-electron chi connectivity index (χ1n) is 9.46. The van der Waals surface area contributed by atoms with Crippen molar-refractivity contribution in [2.75, 3.05) is 59.6 Å². The van der Waals surface area contributed by atoms with Gasteiger partial charge in [-0.1, -0.05) is 0 Å².